The highest BCUT2D eigenvalue weighted by molar-refractivity contribution is 6.11. The molecule has 0 amide bonds. The van der Waals surface area contributed by atoms with Crippen LogP contribution in [0.1, 0.15) is 57.3 Å². The van der Waals surface area contributed by atoms with Gasteiger partial charge in [0, 0.05) is 6.42 Å². The van der Waals surface area contributed by atoms with E-state index in [-0.39, 0.29) is 23.7 Å². The van der Waals surface area contributed by atoms with E-state index in [4.69, 9.17) is 9.47 Å². The maximum absolute atomic E-state index is 12.0. The lowest BCUT2D eigenvalue weighted by atomic mass is 9.98. The Kier molecular flexibility index (Phi) is 7.51. The largest absolute Gasteiger partial charge is 0.482 e. The number of carbonyl (C=O) groups is 4. The van der Waals surface area contributed by atoms with E-state index in [0.717, 1.165) is 12.5 Å². The average molecular weight is 416 g/mol. The number of ketones is 1. The Morgan fingerprint density at radius 1 is 0.900 bits per heavy atom. The molecule has 0 saturated carbocycles. The van der Waals surface area contributed by atoms with Gasteiger partial charge in [-0.05, 0) is 24.6 Å². The van der Waals surface area contributed by atoms with Crippen molar-refractivity contribution in [2.75, 3.05) is 6.61 Å². The Hall–Kier alpha value is -3.88. The molecule has 30 heavy (non-hydrogen) atoms. The number of ether oxygens (including phenoxy) is 2. The van der Waals surface area contributed by atoms with Crippen LogP contribution in [0.4, 0.5) is 0 Å². The van der Waals surface area contributed by atoms with Crippen LogP contribution >= 0.6 is 0 Å². The normalized spacial score (nSPS) is 10.3. The smallest absolute Gasteiger partial charge is 0.340 e. The summed E-state index contributed by atoms with van der Waals surface area (Å²) >= 11 is 0. The minimum Gasteiger partial charge on any atom is -0.482 e. The Labute approximate surface area is 171 Å². The summed E-state index contributed by atoms with van der Waals surface area (Å²) in [6.45, 7) is 1.46. The number of carboxylic acid groups (broad SMARTS) is 3. The standard InChI is InChI=1S/C21H20O9/c1-2-3-7-12(22)11-29-15-10-14(19(23)24)16(20(25)26)17(21(27)28)18(15)30-13-8-5-4-6-9-13/h4-6,8-10H,2-3,7,11H2,1H3,(H,23,24)(H,25,26)(H,27,28). The van der Waals surface area contributed by atoms with Crippen molar-refractivity contribution in [3.05, 3.63) is 53.1 Å². The molecule has 0 fully saturated rings. The summed E-state index contributed by atoms with van der Waals surface area (Å²) in [4.78, 5) is 47.1. The van der Waals surface area contributed by atoms with Crippen molar-refractivity contribution in [2.45, 2.75) is 26.2 Å². The fraction of sp³-hybridized carbons (Fsp3) is 0.238. The summed E-state index contributed by atoms with van der Waals surface area (Å²) < 4.78 is 11.0. The van der Waals surface area contributed by atoms with Crippen LogP contribution in [0.25, 0.3) is 0 Å². The van der Waals surface area contributed by atoms with E-state index < -0.39 is 47.0 Å². The Morgan fingerprint density at radius 2 is 1.53 bits per heavy atom. The van der Waals surface area contributed by atoms with Crippen LogP contribution < -0.4 is 9.47 Å². The molecule has 9 nitrogen and oxygen atoms in total. The highest BCUT2D eigenvalue weighted by atomic mass is 16.5. The first-order chi connectivity index (χ1) is 14.3. The molecule has 2 rings (SSSR count). The molecule has 2 aromatic carbocycles. The van der Waals surface area contributed by atoms with Crippen LogP contribution in [0.3, 0.4) is 0 Å². The van der Waals surface area contributed by atoms with Gasteiger partial charge >= 0.3 is 17.9 Å². The van der Waals surface area contributed by atoms with Gasteiger partial charge in [0.15, 0.2) is 17.3 Å². The van der Waals surface area contributed by atoms with Gasteiger partial charge in [0.1, 0.15) is 17.9 Å². The summed E-state index contributed by atoms with van der Waals surface area (Å²) in [7, 11) is 0. The highest BCUT2D eigenvalue weighted by Crippen LogP contribution is 2.39. The number of hydrogen-bond acceptors (Lipinski definition) is 6. The third-order valence-electron chi connectivity index (χ3n) is 4.06. The first-order valence-corrected chi connectivity index (χ1v) is 9.04. The Balaban J connectivity index is 2.64. The van der Waals surface area contributed by atoms with Crippen LogP contribution in [0, 0.1) is 0 Å². The molecular weight excluding hydrogens is 396 g/mol. The van der Waals surface area contributed by atoms with Crippen molar-refractivity contribution in [3.8, 4) is 17.2 Å². The van der Waals surface area contributed by atoms with E-state index in [1.807, 2.05) is 6.92 Å². The molecule has 2 aromatic rings. The van der Waals surface area contributed by atoms with Crippen molar-refractivity contribution in [2.24, 2.45) is 0 Å². The molecular formula is C21H20O9. The monoisotopic (exact) mass is 416 g/mol. The molecule has 0 bridgehead atoms. The molecule has 0 spiro atoms. The second kappa shape index (κ2) is 10.1. The van der Waals surface area contributed by atoms with Crippen LogP contribution in [0.5, 0.6) is 17.2 Å². The molecule has 158 valence electrons. The Morgan fingerprint density at radius 3 is 2.07 bits per heavy atom. The molecule has 0 saturated heterocycles. The predicted molar refractivity (Wildman–Crippen MR) is 104 cm³/mol. The van der Waals surface area contributed by atoms with E-state index >= 15 is 0 Å². The fourth-order valence-corrected chi connectivity index (χ4v) is 2.65. The minimum atomic E-state index is -1.76. The van der Waals surface area contributed by atoms with Gasteiger partial charge in [-0.25, -0.2) is 14.4 Å². The zero-order valence-electron chi connectivity index (χ0n) is 16.1. The lowest BCUT2D eigenvalue weighted by Gasteiger charge is -2.17. The molecule has 0 aliphatic carbocycles. The molecule has 0 unspecified atom stereocenters. The van der Waals surface area contributed by atoms with E-state index in [2.05, 4.69) is 0 Å². The second-order valence-corrected chi connectivity index (χ2v) is 6.26. The summed E-state index contributed by atoms with van der Waals surface area (Å²) in [6, 6.07) is 8.73. The maximum Gasteiger partial charge on any atom is 0.340 e. The molecule has 0 atom stereocenters. The van der Waals surface area contributed by atoms with E-state index in [1.165, 1.54) is 12.1 Å². The number of hydrogen-bond donors (Lipinski definition) is 3. The van der Waals surface area contributed by atoms with E-state index in [9.17, 15) is 34.5 Å². The molecule has 0 aliphatic rings. The topological polar surface area (TPSA) is 147 Å². The van der Waals surface area contributed by atoms with Gasteiger partial charge in [-0.2, -0.15) is 0 Å². The number of carbonyl (C=O) groups excluding carboxylic acids is 1. The van der Waals surface area contributed by atoms with Gasteiger partial charge in [-0.15, -0.1) is 0 Å². The first kappa shape index (κ1) is 22.4. The fourth-order valence-electron chi connectivity index (χ4n) is 2.65. The molecule has 0 radical (unpaired) electrons. The zero-order valence-corrected chi connectivity index (χ0v) is 16.1. The van der Waals surface area contributed by atoms with Gasteiger partial charge in [-0.1, -0.05) is 31.5 Å². The van der Waals surface area contributed by atoms with Crippen molar-refractivity contribution in [1.29, 1.82) is 0 Å². The average Bonchev–Trinajstić information content (AvgIpc) is 2.70. The second-order valence-electron chi connectivity index (χ2n) is 6.26. The number of carboxylic acids is 3. The van der Waals surface area contributed by atoms with Gasteiger partial charge in [0.05, 0.1) is 11.1 Å². The summed E-state index contributed by atoms with van der Waals surface area (Å²) in [5.41, 5.74) is -2.64. The third kappa shape index (κ3) is 5.34. The Bertz CT molecular complexity index is 964. The molecule has 3 N–H and O–H groups in total. The number of Topliss-reactive ketones (excluding diaryl/α,β-unsaturated/α-hetero) is 1. The summed E-state index contributed by atoms with van der Waals surface area (Å²) in [5, 5.41) is 28.5. The quantitative estimate of drug-likeness (QED) is 0.498. The highest BCUT2D eigenvalue weighted by Gasteiger charge is 2.32. The molecule has 9 heteroatoms. The van der Waals surface area contributed by atoms with E-state index in [0.29, 0.717) is 6.42 Å². The maximum atomic E-state index is 12.0. The zero-order chi connectivity index (χ0) is 22.3. The van der Waals surface area contributed by atoms with E-state index in [1.54, 1.807) is 18.2 Å². The van der Waals surface area contributed by atoms with Gasteiger partial charge in [-0.3, -0.25) is 4.79 Å². The summed E-state index contributed by atoms with van der Waals surface area (Å²) in [6.07, 6.45) is 1.65. The number of aromatic carboxylic acids is 3. The van der Waals surface area contributed by atoms with Crippen molar-refractivity contribution >= 4 is 23.7 Å². The number of benzene rings is 2. The molecule has 0 heterocycles. The van der Waals surface area contributed by atoms with Crippen molar-refractivity contribution in [1.82, 2.24) is 0 Å². The molecule has 0 aliphatic heterocycles. The van der Waals surface area contributed by atoms with Crippen LogP contribution in [-0.4, -0.2) is 45.6 Å². The lowest BCUT2D eigenvalue weighted by Crippen LogP contribution is -2.18. The predicted octanol–water partition coefficient (Wildman–Crippen LogP) is 3.71. The third-order valence-corrected chi connectivity index (χ3v) is 4.06. The lowest BCUT2D eigenvalue weighted by molar-refractivity contribution is -0.121. The molecule has 0 aromatic heterocycles. The minimum absolute atomic E-state index is 0.168. The van der Waals surface area contributed by atoms with Crippen molar-refractivity contribution in [3.63, 3.8) is 0 Å². The number of unbranched alkanes of at least 4 members (excludes halogenated alkanes) is 1. The first-order valence-electron chi connectivity index (χ1n) is 9.04. The van der Waals surface area contributed by atoms with Gasteiger partial charge in [0.2, 0.25) is 0 Å². The summed E-state index contributed by atoms with van der Waals surface area (Å²) in [5.74, 6) is -6.11. The van der Waals surface area contributed by atoms with Crippen LogP contribution in [0.2, 0.25) is 0 Å². The van der Waals surface area contributed by atoms with Crippen LogP contribution in [0.15, 0.2) is 36.4 Å². The van der Waals surface area contributed by atoms with Crippen molar-refractivity contribution < 1.29 is 44.0 Å². The SMILES string of the molecule is CCCCC(=O)COc1cc(C(=O)O)c(C(=O)O)c(C(=O)O)c1Oc1ccccc1. The number of para-hydroxylation sites is 1. The van der Waals surface area contributed by atoms with Gasteiger partial charge < -0.3 is 24.8 Å². The van der Waals surface area contributed by atoms with Gasteiger partial charge in [0.25, 0.3) is 0 Å². The number of rotatable bonds is 11. The van der Waals surface area contributed by atoms with Crippen LogP contribution in [-0.2, 0) is 4.79 Å².